The van der Waals surface area contributed by atoms with E-state index in [1.807, 2.05) is 6.07 Å². The van der Waals surface area contributed by atoms with Crippen LogP contribution < -0.4 is 10.1 Å². The number of halogens is 1. The molecule has 3 fully saturated rings. The van der Waals surface area contributed by atoms with Gasteiger partial charge in [0.15, 0.2) is 11.6 Å². The summed E-state index contributed by atoms with van der Waals surface area (Å²) in [7, 11) is 1.47. The zero-order valence-corrected chi connectivity index (χ0v) is 18.6. The van der Waals surface area contributed by atoms with Crippen molar-refractivity contribution < 1.29 is 28.6 Å². The molecule has 32 heavy (non-hydrogen) atoms. The van der Waals surface area contributed by atoms with Crippen LogP contribution in [0.1, 0.15) is 38.2 Å². The van der Waals surface area contributed by atoms with Gasteiger partial charge in [-0.1, -0.05) is 6.07 Å². The number of methoxy groups -OCH3 is 1. The fourth-order valence-electron chi connectivity index (χ4n) is 5.58. The van der Waals surface area contributed by atoms with Crippen molar-refractivity contribution in [2.75, 3.05) is 26.7 Å². The van der Waals surface area contributed by atoms with Gasteiger partial charge in [-0.15, -0.1) is 0 Å². The molecule has 0 saturated carbocycles. The van der Waals surface area contributed by atoms with Crippen LogP contribution in [0.25, 0.3) is 0 Å². The van der Waals surface area contributed by atoms with Gasteiger partial charge in [-0.25, -0.2) is 4.39 Å². The van der Waals surface area contributed by atoms with Crippen LogP contribution in [0, 0.1) is 17.7 Å². The molecule has 9 heteroatoms. The molecular formula is C23H32FN3O5. The van der Waals surface area contributed by atoms with Gasteiger partial charge in [0.2, 0.25) is 11.8 Å². The number of nitrogens with zero attached hydrogens (tertiary/aromatic N) is 2. The van der Waals surface area contributed by atoms with Gasteiger partial charge in [-0.3, -0.25) is 19.3 Å². The Hall–Kier alpha value is -2.68. The van der Waals surface area contributed by atoms with E-state index in [9.17, 15) is 14.0 Å². The Kier molecular flexibility index (Phi) is 8.06. The highest BCUT2D eigenvalue weighted by atomic mass is 19.1. The second kappa shape index (κ2) is 10.8. The number of carbonyl (C=O) groups is 3. The molecule has 1 aromatic carbocycles. The summed E-state index contributed by atoms with van der Waals surface area (Å²) in [4.78, 5) is 37.1. The fourth-order valence-corrected chi connectivity index (χ4v) is 5.58. The van der Waals surface area contributed by atoms with E-state index in [1.165, 1.54) is 14.0 Å². The zero-order chi connectivity index (χ0) is 23.3. The van der Waals surface area contributed by atoms with E-state index >= 15 is 0 Å². The summed E-state index contributed by atoms with van der Waals surface area (Å²) in [6.45, 7) is 4.24. The maximum Gasteiger partial charge on any atom is 0.290 e. The molecule has 8 nitrogen and oxygen atoms in total. The first-order valence-corrected chi connectivity index (χ1v) is 11.1. The van der Waals surface area contributed by atoms with Gasteiger partial charge >= 0.3 is 0 Å². The number of carboxylic acid groups (broad SMARTS) is 1. The standard InChI is InChI=1S/C22H30FN3O3.CH2O2/c1-14(27)24-10-20-17-9-16(19-4-3-5-22(28)26(19)20)12-25(13-17)11-15-6-7-21(29-2)18(23)8-15;2-1-3/h6-8,16-17,19-20H,3-5,9-13H2,1-2H3,(H,24,27);1H,(H,2,3)/t16-,17+,19+,20+;/m1./s1. The average Bonchev–Trinajstić information content (AvgIpc) is 2.74. The average molecular weight is 450 g/mol. The molecule has 0 radical (unpaired) electrons. The van der Waals surface area contributed by atoms with Crippen LogP contribution >= 0.6 is 0 Å². The second-order valence-corrected chi connectivity index (χ2v) is 8.79. The fraction of sp³-hybridized carbons (Fsp3) is 0.609. The molecule has 1 aromatic rings. The van der Waals surface area contributed by atoms with Gasteiger partial charge in [0.1, 0.15) is 0 Å². The number of likely N-dealkylation sites (tertiary alicyclic amines) is 1. The van der Waals surface area contributed by atoms with Crippen molar-refractivity contribution in [1.82, 2.24) is 15.1 Å². The van der Waals surface area contributed by atoms with Gasteiger partial charge in [-0.05, 0) is 48.8 Å². The third-order valence-electron chi connectivity index (χ3n) is 6.75. The lowest BCUT2D eigenvalue weighted by Gasteiger charge is -2.56. The highest BCUT2D eigenvalue weighted by molar-refractivity contribution is 5.78. The van der Waals surface area contributed by atoms with Crippen molar-refractivity contribution in [2.24, 2.45) is 11.8 Å². The zero-order valence-electron chi connectivity index (χ0n) is 18.6. The molecule has 3 saturated heterocycles. The van der Waals surface area contributed by atoms with Crippen molar-refractivity contribution in [3.05, 3.63) is 29.6 Å². The van der Waals surface area contributed by atoms with Gasteiger partial charge in [0, 0.05) is 45.6 Å². The van der Waals surface area contributed by atoms with Gasteiger partial charge in [-0.2, -0.15) is 0 Å². The number of hydrogen-bond acceptors (Lipinski definition) is 5. The summed E-state index contributed by atoms with van der Waals surface area (Å²) >= 11 is 0. The first-order valence-electron chi connectivity index (χ1n) is 11.1. The largest absolute Gasteiger partial charge is 0.494 e. The summed E-state index contributed by atoms with van der Waals surface area (Å²) < 4.78 is 19.1. The molecule has 4 rings (SSSR count). The summed E-state index contributed by atoms with van der Waals surface area (Å²) in [6, 6.07) is 5.44. The molecule has 0 spiro atoms. The van der Waals surface area contributed by atoms with Gasteiger partial charge in [0.25, 0.3) is 6.47 Å². The monoisotopic (exact) mass is 449 g/mol. The number of rotatable bonds is 5. The normalized spacial score (nSPS) is 27.0. The number of amides is 2. The van der Waals surface area contributed by atoms with Crippen molar-refractivity contribution in [3.8, 4) is 5.75 Å². The van der Waals surface area contributed by atoms with Crippen molar-refractivity contribution >= 4 is 18.3 Å². The van der Waals surface area contributed by atoms with E-state index in [0.29, 0.717) is 31.3 Å². The number of ether oxygens (including phenoxy) is 1. The first-order chi connectivity index (χ1) is 15.4. The quantitative estimate of drug-likeness (QED) is 0.666. The molecule has 2 N–H and O–H groups in total. The minimum atomic E-state index is -0.338. The Labute approximate surface area is 187 Å². The highest BCUT2D eigenvalue weighted by Crippen LogP contribution is 2.41. The third kappa shape index (κ3) is 5.38. The van der Waals surface area contributed by atoms with E-state index < -0.39 is 0 Å². The van der Waals surface area contributed by atoms with E-state index in [-0.39, 0.29) is 41.9 Å². The number of nitrogens with one attached hydrogen (secondary N) is 1. The van der Waals surface area contributed by atoms with Gasteiger partial charge in [0.05, 0.1) is 13.2 Å². The first kappa shape index (κ1) is 24.0. The summed E-state index contributed by atoms with van der Waals surface area (Å²) in [5, 5.41) is 9.83. The van der Waals surface area contributed by atoms with Crippen molar-refractivity contribution in [2.45, 2.75) is 51.2 Å². The Morgan fingerprint density at radius 1 is 1.34 bits per heavy atom. The third-order valence-corrected chi connectivity index (χ3v) is 6.75. The minimum Gasteiger partial charge on any atom is -0.494 e. The van der Waals surface area contributed by atoms with Gasteiger partial charge < -0.3 is 20.1 Å². The summed E-state index contributed by atoms with van der Waals surface area (Å²) in [6.07, 6.45) is 3.68. The molecule has 0 aromatic heterocycles. The molecule has 3 aliphatic rings. The topological polar surface area (TPSA) is 99.2 Å². The van der Waals surface area contributed by atoms with Crippen molar-refractivity contribution in [3.63, 3.8) is 0 Å². The van der Waals surface area contributed by atoms with Crippen LogP contribution in [0.4, 0.5) is 4.39 Å². The SMILES string of the molecule is COc1ccc(CN2C[C@H]3C[C@@H](C2)[C@H](CNC(C)=O)N2C(=O)CCC[C@@H]32)cc1F.O=CO. The lowest BCUT2D eigenvalue weighted by atomic mass is 9.72. The smallest absolute Gasteiger partial charge is 0.290 e. The van der Waals surface area contributed by atoms with Crippen LogP contribution in [0.15, 0.2) is 18.2 Å². The lowest BCUT2D eigenvalue weighted by Crippen LogP contribution is -2.66. The van der Waals surface area contributed by atoms with Crippen LogP contribution in [0.3, 0.4) is 0 Å². The van der Waals surface area contributed by atoms with E-state index in [2.05, 4.69) is 15.1 Å². The van der Waals surface area contributed by atoms with Crippen LogP contribution in [0.5, 0.6) is 5.75 Å². The molecule has 4 atom stereocenters. The second-order valence-electron chi connectivity index (χ2n) is 8.79. The Morgan fingerprint density at radius 2 is 2.06 bits per heavy atom. The Morgan fingerprint density at radius 3 is 2.72 bits per heavy atom. The Bertz CT molecular complexity index is 836. The van der Waals surface area contributed by atoms with E-state index in [1.54, 1.807) is 12.1 Å². The molecule has 0 aliphatic carbocycles. The van der Waals surface area contributed by atoms with Crippen LogP contribution in [-0.2, 0) is 20.9 Å². The lowest BCUT2D eigenvalue weighted by molar-refractivity contribution is -0.153. The minimum absolute atomic E-state index is 0.0448. The maximum absolute atomic E-state index is 14.1. The van der Waals surface area contributed by atoms with E-state index in [4.69, 9.17) is 14.6 Å². The molecule has 3 heterocycles. The Balaban J connectivity index is 0.000000913. The molecule has 176 valence electrons. The summed E-state index contributed by atoms with van der Waals surface area (Å²) in [5.41, 5.74) is 0.929. The molecule has 3 aliphatic heterocycles. The summed E-state index contributed by atoms with van der Waals surface area (Å²) in [5.74, 6) is 0.855. The molecule has 2 amide bonds. The number of carbonyl (C=O) groups excluding carboxylic acids is 2. The predicted molar refractivity (Wildman–Crippen MR) is 115 cm³/mol. The number of fused-ring (bicyclic) bond motifs is 4. The number of piperidine rings is 3. The molecule has 2 bridgehead atoms. The highest BCUT2D eigenvalue weighted by Gasteiger charge is 2.49. The van der Waals surface area contributed by atoms with Crippen molar-refractivity contribution in [1.29, 1.82) is 0 Å². The van der Waals surface area contributed by atoms with Crippen LogP contribution in [-0.4, -0.2) is 72.0 Å². The predicted octanol–water partition coefficient (Wildman–Crippen LogP) is 1.87. The molecular weight excluding hydrogens is 417 g/mol. The maximum atomic E-state index is 14.1. The van der Waals surface area contributed by atoms with E-state index in [0.717, 1.165) is 37.9 Å². The number of hydrogen-bond donors (Lipinski definition) is 2. The van der Waals surface area contributed by atoms with Crippen LogP contribution in [0.2, 0.25) is 0 Å². The number of benzene rings is 1. The molecule has 0 unspecified atom stereocenters.